The minimum atomic E-state index is -0.000625. The van der Waals surface area contributed by atoms with Gasteiger partial charge in [-0.1, -0.05) is 13.8 Å². The van der Waals surface area contributed by atoms with Crippen molar-refractivity contribution < 1.29 is 9.21 Å². The Hall–Kier alpha value is -1.32. The minimum absolute atomic E-state index is 0.000625. The highest BCUT2D eigenvalue weighted by atomic mass is 16.4. The van der Waals surface area contributed by atoms with Gasteiger partial charge in [0.15, 0.2) is 5.89 Å². The van der Waals surface area contributed by atoms with Crippen LogP contribution in [-0.4, -0.2) is 10.9 Å². The van der Waals surface area contributed by atoms with Gasteiger partial charge in [-0.25, -0.2) is 4.98 Å². The summed E-state index contributed by atoms with van der Waals surface area (Å²) in [6, 6.07) is 0. The number of aromatic nitrogens is 1. The van der Waals surface area contributed by atoms with Gasteiger partial charge >= 0.3 is 0 Å². The van der Waals surface area contributed by atoms with Gasteiger partial charge in [-0.3, -0.25) is 4.79 Å². The van der Waals surface area contributed by atoms with Gasteiger partial charge in [-0.2, -0.15) is 0 Å². The molecule has 0 atom stereocenters. The molecule has 1 heterocycles. The number of amides is 1. The molecule has 78 valence electrons. The molecule has 0 unspecified atom stereocenters. The van der Waals surface area contributed by atoms with Crippen LogP contribution in [0.4, 0.5) is 0 Å². The third-order valence-corrected chi connectivity index (χ3v) is 1.95. The Morgan fingerprint density at radius 1 is 1.50 bits per heavy atom. The van der Waals surface area contributed by atoms with Crippen molar-refractivity contribution in [3.63, 3.8) is 0 Å². The van der Waals surface area contributed by atoms with Crippen LogP contribution in [0.1, 0.15) is 31.2 Å². The second-order valence-electron chi connectivity index (χ2n) is 3.61. The topological polar surface area (TPSA) is 55.1 Å². The molecule has 0 saturated carbocycles. The van der Waals surface area contributed by atoms with Crippen molar-refractivity contribution in [3.05, 3.63) is 17.3 Å². The molecule has 0 aliphatic carbocycles. The number of hydrogen-bond acceptors (Lipinski definition) is 3. The average Bonchev–Trinajstić information content (AvgIpc) is 2.40. The zero-order valence-electron chi connectivity index (χ0n) is 9.05. The molecular formula is C10H16N2O2. The molecular weight excluding hydrogens is 180 g/mol. The Balaban J connectivity index is 2.54. The normalized spacial score (nSPS) is 10.6. The molecule has 1 aromatic heterocycles. The van der Waals surface area contributed by atoms with Gasteiger partial charge in [-0.15, -0.1) is 0 Å². The third-order valence-electron chi connectivity index (χ3n) is 1.95. The number of hydrogen-bond donors (Lipinski definition) is 1. The molecule has 1 amide bonds. The van der Waals surface area contributed by atoms with E-state index in [1.807, 2.05) is 20.8 Å². The zero-order valence-corrected chi connectivity index (χ0v) is 9.05. The van der Waals surface area contributed by atoms with Crippen molar-refractivity contribution in [2.75, 3.05) is 0 Å². The highest BCUT2D eigenvalue weighted by molar-refractivity contribution is 5.77. The maximum absolute atomic E-state index is 11.3. The first-order chi connectivity index (χ1) is 6.50. The minimum Gasteiger partial charge on any atom is -0.444 e. The lowest BCUT2D eigenvalue weighted by Gasteiger charge is -2.05. The lowest BCUT2D eigenvalue weighted by atomic mass is 10.2. The summed E-state index contributed by atoms with van der Waals surface area (Å²) in [5.74, 6) is 1.39. The lowest BCUT2D eigenvalue weighted by molar-refractivity contribution is -0.124. The molecule has 0 saturated heterocycles. The molecule has 0 aliphatic rings. The van der Waals surface area contributed by atoms with E-state index in [9.17, 15) is 4.79 Å². The maximum Gasteiger partial charge on any atom is 0.222 e. The Morgan fingerprint density at radius 3 is 2.57 bits per heavy atom. The van der Waals surface area contributed by atoms with Gasteiger partial charge in [0.25, 0.3) is 0 Å². The highest BCUT2D eigenvalue weighted by Gasteiger charge is 2.10. The zero-order chi connectivity index (χ0) is 10.7. The summed E-state index contributed by atoms with van der Waals surface area (Å²) in [6.45, 7) is 7.79. The Bertz CT molecular complexity index is 329. The summed E-state index contributed by atoms with van der Waals surface area (Å²) in [4.78, 5) is 15.4. The van der Waals surface area contributed by atoms with E-state index in [1.165, 1.54) is 0 Å². The number of nitrogens with one attached hydrogen (secondary N) is 1. The first-order valence-corrected chi connectivity index (χ1v) is 4.71. The van der Waals surface area contributed by atoms with E-state index in [-0.39, 0.29) is 11.8 Å². The summed E-state index contributed by atoms with van der Waals surface area (Å²) >= 11 is 0. The van der Waals surface area contributed by atoms with E-state index in [4.69, 9.17) is 4.42 Å². The Morgan fingerprint density at radius 2 is 2.14 bits per heavy atom. The summed E-state index contributed by atoms with van der Waals surface area (Å²) in [5.41, 5.74) is 0.839. The van der Waals surface area contributed by atoms with Crippen molar-refractivity contribution in [2.24, 2.45) is 5.92 Å². The quantitative estimate of drug-likeness (QED) is 0.798. The standard InChI is InChI=1S/C10H16N2O2/c1-6(2)10(13)11-5-9-7(3)12-8(4)14-9/h6H,5H2,1-4H3,(H,11,13). The highest BCUT2D eigenvalue weighted by Crippen LogP contribution is 2.08. The predicted octanol–water partition coefficient (Wildman–Crippen LogP) is 1.56. The van der Waals surface area contributed by atoms with Gasteiger partial charge in [0, 0.05) is 12.8 Å². The maximum atomic E-state index is 11.3. The van der Waals surface area contributed by atoms with Crippen LogP contribution in [0.15, 0.2) is 4.42 Å². The van der Waals surface area contributed by atoms with Crippen LogP contribution in [0.3, 0.4) is 0 Å². The molecule has 4 heteroatoms. The fourth-order valence-electron chi connectivity index (χ4n) is 1.11. The van der Waals surface area contributed by atoms with Crippen molar-refractivity contribution >= 4 is 5.91 Å². The van der Waals surface area contributed by atoms with Crippen LogP contribution in [0, 0.1) is 19.8 Å². The molecule has 1 aromatic rings. The smallest absolute Gasteiger partial charge is 0.222 e. The van der Waals surface area contributed by atoms with Crippen LogP contribution < -0.4 is 5.32 Å². The monoisotopic (exact) mass is 196 g/mol. The SMILES string of the molecule is Cc1nc(C)c(CNC(=O)C(C)C)o1. The van der Waals surface area contributed by atoms with E-state index in [1.54, 1.807) is 6.92 Å². The number of carbonyl (C=O) groups excluding carboxylic acids is 1. The average molecular weight is 196 g/mol. The Kier molecular flexibility index (Phi) is 3.28. The number of aryl methyl sites for hydroxylation is 2. The largest absolute Gasteiger partial charge is 0.444 e. The molecule has 0 spiro atoms. The van der Waals surface area contributed by atoms with E-state index in [0.717, 1.165) is 11.5 Å². The van der Waals surface area contributed by atoms with Crippen LogP contribution in [0.25, 0.3) is 0 Å². The number of carbonyl (C=O) groups is 1. The Labute approximate surface area is 83.7 Å². The summed E-state index contributed by atoms with van der Waals surface area (Å²) in [5, 5.41) is 2.78. The molecule has 0 aliphatic heterocycles. The molecule has 0 bridgehead atoms. The lowest BCUT2D eigenvalue weighted by Crippen LogP contribution is -2.27. The second-order valence-corrected chi connectivity index (χ2v) is 3.61. The number of oxazole rings is 1. The van der Waals surface area contributed by atoms with Gasteiger partial charge in [0.1, 0.15) is 5.76 Å². The van der Waals surface area contributed by atoms with Gasteiger partial charge in [-0.05, 0) is 6.92 Å². The van der Waals surface area contributed by atoms with Gasteiger partial charge in [0.05, 0.1) is 12.2 Å². The molecule has 1 rings (SSSR count). The van der Waals surface area contributed by atoms with Crippen LogP contribution in [-0.2, 0) is 11.3 Å². The fraction of sp³-hybridized carbons (Fsp3) is 0.600. The third kappa shape index (κ3) is 2.58. The number of rotatable bonds is 3. The van der Waals surface area contributed by atoms with Crippen molar-refractivity contribution in [3.8, 4) is 0 Å². The molecule has 1 N–H and O–H groups in total. The van der Waals surface area contributed by atoms with Crippen molar-refractivity contribution in [1.29, 1.82) is 0 Å². The van der Waals surface area contributed by atoms with E-state index >= 15 is 0 Å². The van der Waals surface area contributed by atoms with E-state index in [2.05, 4.69) is 10.3 Å². The summed E-state index contributed by atoms with van der Waals surface area (Å²) in [7, 11) is 0. The van der Waals surface area contributed by atoms with Crippen molar-refractivity contribution in [1.82, 2.24) is 10.3 Å². The molecule has 4 nitrogen and oxygen atoms in total. The molecule has 0 aromatic carbocycles. The van der Waals surface area contributed by atoms with Crippen LogP contribution in [0.2, 0.25) is 0 Å². The van der Waals surface area contributed by atoms with Crippen LogP contribution >= 0.6 is 0 Å². The molecule has 0 fully saturated rings. The molecule has 0 radical (unpaired) electrons. The second kappa shape index (κ2) is 4.26. The van der Waals surface area contributed by atoms with Crippen molar-refractivity contribution in [2.45, 2.75) is 34.2 Å². The first kappa shape index (κ1) is 10.8. The predicted molar refractivity (Wildman–Crippen MR) is 52.7 cm³/mol. The van der Waals surface area contributed by atoms with E-state index in [0.29, 0.717) is 12.4 Å². The molecule has 14 heavy (non-hydrogen) atoms. The summed E-state index contributed by atoms with van der Waals surface area (Å²) < 4.78 is 5.32. The fourth-order valence-corrected chi connectivity index (χ4v) is 1.11. The van der Waals surface area contributed by atoms with Gasteiger partial charge < -0.3 is 9.73 Å². The first-order valence-electron chi connectivity index (χ1n) is 4.71. The summed E-state index contributed by atoms with van der Waals surface area (Å²) in [6.07, 6.45) is 0. The van der Waals surface area contributed by atoms with Gasteiger partial charge in [0.2, 0.25) is 5.91 Å². The number of nitrogens with zero attached hydrogens (tertiary/aromatic N) is 1. The van der Waals surface area contributed by atoms with Crippen LogP contribution in [0.5, 0.6) is 0 Å². The van der Waals surface area contributed by atoms with E-state index < -0.39 is 0 Å².